The molecule has 0 aromatic carbocycles. The van der Waals surface area contributed by atoms with Crippen LogP contribution in [0.25, 0.3) is 0 Å². The van der Waals surface area contributed by atoms with E-state index < -0.39 is 0 Å². The molecule has 0 bridgehead atoms. The lowest BCUT2D eigenvalue weighted by atomic mass is 10.1. The van der Waals surface area contributed by atoms with Gasteiger partial charge in [0.1, 0.15) is 7.11 Å². The minimum atomic E-state index is 0.518. The summed E-state index contributed by atoms with van der Waals surface area (Å²) in [7, 11) is 1.57. The van der Waals surface area contributed by atoms with Crippen LogP contribution in [0.2, 0.25) is 0 Å². The van der Waals surface area contributed by atoms with Crippen LogP contribution in [-0.2, 0) is 4.84 Å². The zero-order chi connectivity index (χ0) is 9.19. The molecule has 2 nitrogen and oxygen atoms in total. The number of rotatable bonds is 3. The van der Waals surface area contributed by atoms with Crippen molar-refractivity contribution < 1.29 is 4.84 Å². The molecule has 0 aromatic rings. The third-order valence-corrected chi connectivity index (χ3v) is 2.39. The topological polar surface area (TPSA) is 21.6 Å². The number of hydrogen-bond acceptors (Lipinski definition) is 2. The van der Waals surface area contributed by atoms with E-state index in [1.54, 1.807) is 7.11 Å². The monoisotopic (exact) mass is 167 g/mol. The standard InChI is InChI=1S/C10H17NO/c1-8(11-12-4)5-6-9-7-10(9,2)3/h5-6,9H,7H2,1-4H3. The Morgan fingerprint density at radius 3 is 2.58 bits per heavy atom. The van der Waals surface area contributed by atoms with Crippen LogP contribution in [-0.4, -0.2) is 12.8 Å². The van der Waals surface area contributed by atoms with Crippen molar-refractivity contribution in [3.63, 3.8) is 0 Å². The molecule has 0 amide bonds. The molecular formula is C10H17NO. The van der Waals surface area contributed by atoms with E-state index in [0.717, 1.165) is 11.6 Å². The van der Waals surface area contributed by atoms with Gasteiger partial charge in [0.15, 0.2) is 0 Å². The normalized spacial score (nSPS) is 27.7. The molecule has 0 radical (unpaired) electrons. The summed E-state index contributed by atoms with van der Waals surface area (Å²) in [4.78, 5) is 4.64. The molecule has 2 heteroatoms. The maximum atomic E-state index is 4.64. The van der Waals surface area contributed by atoms with E-state index in [0.29, 0.717) is 5.41 Å². The van der Waals surface area contributed by atoms with Crippen molar-refractivity contribution in [3.05, 3.63) is 12.2 Å². The van der Waals surface area contributed by atoms with Crippen molar-refractivity contribution in [1.82, 2.24) is 0 Å². The molecule has 0 aliphatic heterocycles. The first-order valence-corrected chi connectivity index (χ1v) is 4.32. The van der Waals surface area contributed by atoms with Gasteiger partial charge in [-0.15, -0.1) is 0 Å². The van der Waals surface area contributed by atoms with Crippen LogP contribution in [0.3, 0.4) is 0 Å². The fourth-order valence-electron chi connectivity index (χ4n) is 1.27. The third-order valence-electron chi connectivity index (χ3n) is 2.39. The van der Waals surface area contributed by atoms with Gasteiger partial charge in [-0.1, -0.05) is 25.1 Å². The molecule has 0 heterocycles. The first-order chi connectivity index (χ1) is 5.56. The lowest BCUT2D eigenvalue weighted by molar-refractivity contribution is 0.213. The van der Waals surface area contributed by atoms with Crippen LogP contribution in [0, 0.1) is 11.3 Å². The zero-order valence-corrected chi connectivity index (χ0v) is 8.29. The van der Waals surface area contributed by atoms with Gasteiger partial charge in [-0.25, -0.2) is 0 Å². The van der Waals surface area contributed by atoms with E-state index in [1.165, 1.54) is 6.42 Å². The molecule has 1 aliphatic rings. The van der Waals surface area contributed by atoms with Crippen molar-refractivity contribution in [2.24, 2.45) is 16.5 Å². The average molecular weight is 167 g/mol. The van der Waals surface area contributed by atoms with Crippen LogP contribution in [0.15, 0.2) is 17.3 Å². The second kappa shape index (κ2) is 3.30. The maximum Gasteiger partial charge on any atom is 0.106 e. The quantitative estimate of drug-likeness (QED) is 0.467. The van der Waals surface area contributed by atoms with E-state index >= 15 is 0 Å². The SMILES string of the molecule is CON=C(C)C=CC1CC1(C)C. The summed E-state index contributed by atoms with van der Waals surface area (Å²) < 4.78 is 0. The molecule has 0 aromatic heterocycles. The number of oxime groups is 1. The second-order valence-corrected chi connectivity index (χ2v) is 4.07. The summed E-state index contributed by atoms with van der Waals surface area (Å²) in [5, 5.41) is 3.80. The van der Waals surface area contributed by atoms with E-state index in [4.69, 9.17) is 0 Å². The van der Waals surface area contributed by atoms with E-state index in [1.807, 2.05) is 13.0 Å². The molecule has 12 heavy (non-hydrogen) atoms. The van der Waals surface area contributed by atoms with Gasteiger partial charge in [0.25, 0.3) is 0 Å². The smallest absolute Gasteiger partial charge is 0.106 e. The summed E-state index contributed by atoms with van der Waals surface area (Å²) in [6, 6.07) is 0. The molecule has 0 spiro atoms. The Labute approximate surface area is 74.3 Å². The maximum absolute atomic E-state index is 4.64. The van der Waals surface area contributed by atoms with Crippen LogP contribution < -0.4 is 0 Å². The van der Waals surface area contributed by atoms with Gasteiger partial charge in [0.05, 0.1) is 5.71 Å². The van der Waals surface area contributed by atoms with Gasteiger partial charge in [0.2, 0.25) is 0 Å². The van der Waals surface area contributed by atoms with E-state index in [2.05, 4.69) is 29.9 Å². The van der Waals surface area contributed by atoms with Crippen molar-refractivity contribution in [1.29, 1.82) is 0 Å². The van der Waals surface area contributed by atoms with Crippen molar-refractivity contribution in [2.75, 3.05) is 7.11 Å². The number of hydrogen-bond donors (Lipinski definition) is 0. The molecule has 1 rings (SSSR count). The predicted octanol–water partition coefficient (Wildman–Crippen LogP) is 2.61. The lowest BCUT2D eigenvalue weighted by Crippen LogP contribution is -1.89. The average Bonchev–Trinajstić information content (AvgIpc) is 2.56. The minimum absolute atomic E-state index is 0.518. The summed E-state index contributed by atoms with van der Waals surface area (Å²) in [6.45, 7) is 6.50. The summed E-state index contributed by atoms with van der Waals surface area (Å²) >= 11 is 0. The first kappa shape index (κ1) is 9.30. The van der Waals surface area contributed by atoms with Crippen molar-refractivity contribution >= 4 is 5.71 Å². The van der Waals surface area contributed by atoms with Crippen molar-refractivity contribution in [2.45, 2.75) is 27.2 Å². The summed E-state index contributed by atoms with van der Waals surface area (Å²) in [6.07, 6.45) is 5.55. The van der Waals surface area contributed by atoms with Gasteiger partial charge >= 0.3 is 0 Å². The zero-order valence-electron chi connectivity index (χ0n) is 8.29. The van der Waals surface area contributed by atoms with Crippen LogP contribution >= 0.6 is 0 Å². The minimum Gasteiger partial charge on any atom is -0.399 e. The van der Waals surface area contributed by atoms with Crippen molar-refractivity contribution in [3.8, 4) is 0 Å². The van der Waals surface area contributed by atoms with Gasteiger partial charge in [0, 0.05) is 0 Å². The Kier molecular flexibility index (Phi) is 2.55. The number of allylic oxidation sites excluding steroid dienone is 2. The second-order valence-electron chi connectivity index (χ2n) is 4.07. The largest absolute Gasteiger partial charge is 0.399 e. The molecule has 0 saturated heterocycles. The Morgan fingerprint density at radius 1 is 1.58 bits per heavy atom. The van der Waals surface area contributed by atoms with E-state index in [-0.39, 0.29) is 0 Å². The fraction of sp³-hybridized carbons (Fsp3) is 0.700. The highest BCUT2D eigenvalue weighted by Gasteiger charge is 2.43. The Morgan fingerprint density at radius 2 is 2.17 bits per heavy atom. The predicted molar refractivity (Wildman–Crippen MR) is 51.1 cm³/mol. The molecule has 1 unspecified atom stereocenters. The molecule has 1 fully saturated rings. The highest BCUT2D eigenvalue weighted by molar-refractivity contribution is 5.92. The molecule has 1 aliphatic carbocycles. The third kappa shape index (κ3) is 2.36. The molecular weight excluding hydrogens is 150 g/mol. The lowest BCUT2D eigenvalue weighted by Gasteiger charge is -1.95. The van der Waals surface area contributed by atoms with Crippen LogP contribution in [0.1, 0.15) is 27.2 Å². The Bertz CT molecular complexity index is 216. The first-order valence-electron chi connectivity index (χ1n) is 4.32. The molecule has 0 N–H and O–H groups in total. The summed E-state index contributed by atoms with van der Waals surface area (Å²) in [5.74, 6) is 0.736. The highest BCUT2D eigenvalue weighted by Crippen LogP contribution is 2.52. The van der Waals surface area contributed by atoms with Gasteiger partial charge in [-0.05, 0) is 30.8 Å². The Hall–Kier alpha value is -0.790. The van der Waals surface area contributed by atoms with Gasteiger partial charge < -0.3 is 4.84 Å². The summed E-state index contributed by atoms with van der Waals surface area (Å²) in [5.41, 5.74) is 1.45. The molecule has 1 saturated carbocycles. The van der Waals surface area contributed by atoms with Crippen LogP contribution in [0.4, 0.5) is 0 Å². The van der Waals surface area contributed by atoms with E-state index in [9.17, 15) is 0 Å². The van der Waals surface area contributed by atoms with Gasteiger partial charge in [-0.2, -0.15) is 0 Å². The Balaban J connectivity index is 2.37. The number of nitrogens with zero attached hydrogens (tertiary/aromatic N) is 1. The molecule has 68 valence electrons. The highest BCUT2D eigenvalue weighted by atomic mass is 16.6. The van der Waals surface area contributed by atoms with Gasteiger partial charge in [-0.3, -0.25) is 0 Å². The molecule has 1 atom stereocenters. The van der Waals surface area contributed by atoms with Crippen LogP contribution in [0.5, 0.6) is 0 Å². The fourth-order valence-corrected chi connectivity index (χ4v) is 1.27.